The Hall–Kier alpha value is -0.606. The molecule has 0 aliphatic rings. The molecule has 1 aromatic rings. The third-order valence-electron chi connectivity index (χ3n) is 3.99. The summed E-state index contributed by atoms with van der Waals surface area (Å²) in [5.41, 5.74) is 5.60. The molecule has 1 rings (SSSR count). The van der Waals surface area contributed by atoms with E-state index in [2.05, 4.69) is 75.7 Å². The van der Waals surface area contributed by atoms with Crippen molar-refractivity contribution in [3.05, 3.63) is 41.6 Å². The average Bonchev–Trinajstić information content (AvgIpc) is 2.25. The highest BCUT2D eigenvalue weighted by atomic mass is 29.3. The summed E-state index contributed by atoms with van der Waals surface area (Å²) in [6.45, 7) is 14.8. The van der Waals surface area contributed by atoms with Crippen LogP contribution in [0.3, 0.4) is 0 Å². The molecule has 0 bridgehead atoms. The Bertz CT molecular complexity index is 383. The maximum absolute atomic E-state index is 2.65. The highest BCUT2D eigenvalue weighted by molar-refractivity contribution is 7.42. The fourth-order valence-corrected chi connectivity index (χ4v) is 5.19. The molecule has 0 aromatic heterocycles. The molecule has 2 heteroatoms. The van der Waals surface area contributed by atoms with Gasteiger partial charge in [0.25, 0.3) is 0 Å². The standard InChI is InChI=1S/C15H26Si2/c1-7-14(15-11-9-8-10-12-15)13-17(5,6)16(2,3)4/h8-13H,7H2,1-6H3/b14-13+. The Morgan fingerprint density at radius 3 is 1.94 bits per heavy atom. The summed E-state index contributed by atoms with van der Waals surface area (Å²) in [6.07, 6.45) is 1.14. The van der Waals surface area contributed by atoms with E-state index < -0.39 is 15.2 Å². The summed E-state index contributed by atoms with van der Waals surface area (Å²) >= 11 is 0. The molecule has 0 atom stereocenters. The minimum atomic E-state index is -1.19. The van der Waals surface area contributed by atoms with Crippen LogP contribution in [-0.4, -0.2) is 15.2 Å². The molecule has 0 saturated heterocycles. The van der Waals surface area contributed by atoms with E-state index in [1.54, 1.807) is 5.57 Å². The lowest BCUT2D eigenvalue weighted by molar-refractivity contribution is 1.24. The van der Waals surface area contributed by atoms with Crippen molar-refractivity contribution in [3.63, 3.8) is 0 Å². The Morgan fingerprint density at radius 2 is 1.53 bits per heavy atom. The van der Waals surface area contributed by atoms with Crippen LogP contribution in [0, 0.1) is 0 Å². The highest BCUT2D eigenvalue weighted by Crippen LogP contribution is 2.26. The molecular formula is C15H26Si2. The van der Waals surface area contributed by atoms with Gasteiger partial charge in [-0.15, -0.1) is 0 Å². The molecule has 0 aliphatic carbocycles. The molecule has 0 nitrogen and oxygen atoms in total. The van der Waals surface area contributed by atoms with Gasteiger partial charge < -0.3 is 0 Å². The van der Waals surface area contributed by atoms with Crippen LogP contribution in [0.2, 0.25) is 32.7 Å². The summed E-state index contributed by atoms with van der Waals surface area (Å²) in [5, 5.41) is 0. The monoisotopic (exact) mass is 262 g/mol. The molecule has 0 saturated carbocycles. The maximum Gasteiger partial charge on any atom is 0.0649 e. The van der Waals surface area contributed by atoms with Crippen LogP contribution in [0.15, 0.2) is 36.0 Å². The van der Waals surface area contributed by atoms with Gasteiger partial charge in [-0.25, -0.2) is 0 Å². The van der Waals surface area contributed by atoms with E-state index in [0.29, 0.717) is 0 Å². The van der Waals surface area contributed by atoms with Crippen LogP contribution in [0.1, 0.15) is 18.9 Å². The summed E-state index contributed by atoms with van der Waals surface area (Å²) in [7, 11) is -2.23. The van der Waals surface area contributed by atoms with Gasteiger partial charge in [0.05, 0.1) is 7.59 Å². The van der Waals surface area contributed by atoms with E-state index in [0.717, 1.165) is 6.42 Å². The van der Waals surface area contributed by atoms with Gasteiger partial charge in [0.1, 0.15) is 0 Å². The number of rotatable bonds is 4. The van der Waals surface area contributed by atoms with Gasteiger partial charge in [0.2, 0.25) is 0 Å². The number of hydrogen-bond donors (Lipinski definition) is 0. The van der Waals surface area contributed by atoms with Crippen LogP contribution in [-0.2, 0) is 0 Å². The lowest BCUT2D eigenvalue weighted by Gasteiger charge is -2.33. The molecule has 0 fully saturated rings. The van der Waals surface area contributed by atoms with E-state index in [-0.39, 0.29) is 0 Å². The average molecular weight is 263 g/mol. The molecule has 0 unspecified atom stereocenters. The molecule has 0 radical (unpaired) electrons. The predicted octanol–water partition coefficient (Wildman–Crippen LogP) is 5.14. The fraction of sp³-hybridized carbons (Fsp3) is 0.467. The van der Waals surface area contributed by atoms with Crippen molar-refractivity contribution in [2.24, 2.45) is 0 Å². The Balaban J connectivity index is 3.12. The normalized spacial score (nSPS) is 13.9. The van der Waals surface area contributed by atoms with Crippen LogP contribution in [0.25, 0.3) is 5.57 Å². The molecule has 0 amide bonds. The van der Waals surface area contributed by atoms with Crippen LogP contribution < -0.4 is 0 Å². The lowest BCUT2D eigenvalue weighted by Crippen LogP contribution is -2.51. The zero-order valence-electron chi connectivity index (χ0n) is 12.2. The largest absolute Gasteiger partial charge is 0.0933 e. The smallest absolute Gasteiger partial charge is 0.0649 e. The van der Waals surface area contributed by atoms with Crippen molar-refractivity contribution in [1.82, 2.24) is 0 Å². The first-order valence-electron chi connectivity index (χ1n) is 6.55. The van der Waals surface area contributed by atoms with Gasteiger partial charge in [-0.3, -0.25) is 0 Å². The highest BCUT2D eigenvalue weighted by Gasteiger charge is 2.34. The lowest BCUT2D eigenvalue weighted by atomic mass is 10.1. The summed E-state index contributed by atoms with van der Waals surface area (Å²) < 4.78 is 0. The number of allylic oxidation sites excluding steroid dienone is 1. The quantitative estimate of drug-likeness (QED) is 0.659. The Labute approximate surface area is 109 Å². The topological polar surface area (TPSA) is 0 Å². The van der Waals surface area contributed by atoms with Crippen molar-refractivity contribution in [1.29, 1.82) is 0 Å². The summed E-state index contributed by atoms with van der Waals surface area (Å²) in [4.78, 5) is 0. The zero-order chi connectivity index (χ0) is 13.1. The van der Waals surface area contributed by atoms with Gasteiger partial charge in [-0.1, -0.05) is 75.7 Å². The zero-order valence-corrected chi connectivity index (χ0v) is 14.2. The summed E-state index contributed by atoms with van der Waals surface area (Å²) in [6, 6.07) is 10.9. The van der Waals surface area contributed by atoms with Gasteiger partial charge in [0, 0.05) is 7.59 Å². The fourth-order valence-electron chi connectivity index (χ4n) is 1.69. The van der Waals surface area contributed by atoms with Gasteiger partial charge in [0.15, 0.2) is 0 Å². The van der Waals surface area contributed by atoms with Crippen LogP contribution in [0.5, 0.6) is 0 Å². The van der Waals surface area contributed by atoms with Crippen molar-refractivity contribution in [2.45, 2.75) is 46.1 Å². The predicted molar refractivity (Wildman–Crippen MR) is 85.5 cm³/mol. The second-order valence-electron chi connectivity index (χ2n) is 6.36. The molecule has 1 aromatic carbocycles. The molecule has 0 N–H and O–H groups in total. The van der Waals surface area contributed by atoms with E-state index >= 15 is 0 Å². The maximum atomic E-state index is 2.65. The van der Waals surface area contributed by atoms with Crippen molar-refractivity contribution in [3.8, 4) is 0 Å². The van der Waals surface area contributed by atoms with Gasteiger partial charge in [-0.2, -0.15) is 0 Å². The molecular weight excluding hydrogens is 236 g/mol. The number of benzene rings is 1. The first-order chi connectivity index (χ1) is 7.78. The van der Waals surface area contributed by atoms with Crippen LogP contribution in [0.4, 0.5) is 0 Å². The molecule has 94 valence electrons. The first-order valence-corrected chi connectivity index (χ1v) is 14.1. The van der Waals surface area contributed by atoms with Crippen molar-refractivity contribution < 1.29 is 0 Å². The molecule has 0 spiro atoms. The van der Waals surface area contributed by atoms with Crippen molar-refractivity contribution in [2.75, 3.05) is 0 Å². The SMILES string of the molecule is CC/C(=C\[Si](C)(C)[Si](C)(C)C)c1ccccc1. The third-order valence-corrected chi connectivity index (χ3v) is 21.0. The third kappa shape index (κ3) is 3.68. The van der Waals surface area contributed by atoms with Crippen LogP contribution >= 0.6 is 0 Å². The van der Waals surface area contributed by atoms with E-state index in [9.17, 15) is 0 Å². The molecule has 17 heavy (non-hydrogen) atoms. The van der Waals surface area contributed by atoms with Gasteiger partial charge >= 0.3 is 0 Å². The first kappa shape index (κ1) is 14.5. The van der Waals surface area contributed by atoms with E-state index in [1.165, 1.54) is 5.56 Å². The number of hydrogen-bond acceptors (Lipinski definition) is 0. The van der Waals surface area contributed by atoms with Gasteiger partial charge in [-0.05, 0) is 17.6 Å². The minimum absolute atomic E-state index is 1.03. The van der Waals surface area contributed by atoms with E-state index in [4.69, 9.17) is 0 Å². The van der Waals surface area contributed by atoms with Crippen molar-refractivity contribution >= 4 is 20.8 Å². The summed E-state index contributed by atoms with van der Waals surface area (Å²) in [5.74, 6) is 0. The second kappa shape index (κ2) is 5.36. The molecule has 0 heterocycles. The minimum Gasteiger partial charge on any atom is -0.0933 e. The Morgan fingerprint density at radius 1 is 1.00 bits per heavy atom. The van der Waals surface area contributed by atoms with E-state index in [1.807, 2.05) is 0 Å². The second-order valence-corrected chi connectivity index (χ2v) is 23.0. The molecule has 0 aliphatic heterocycles. The Kier molecular flexibility index (Phi) is 4.56.